The highest BCUT2D eigenvalue weighted by atomic mass is 35.5. The van der Waals surface area contributed by atoms with Crippen molar-refractivity contribution in [2.75, 3.05) is 13.7 Å². The van der Waals surface area contributed by atoms with Gasteiger partial charge in [-0.05, 0) is 30.7 Å². The van der Waals surface area contributed by atoms with Crippen molar-refractivity contribution in [3.63, 3.8) is 0 Å². The van der Waals surface area contributed by atoms with Gasteiger partial charge in [-0.1, -0.05) is 35.3 Å². The first-order valence-corrected chi connectivity index (χ1v) is 7.26. The summed E-state index contributed by atoms with van der Waals surface area (Å²) in [6.45, 7) is 2.52. The van der Waals surface area contributed by atoms with Crippen LogP contribution in [-0.2, 0) is 0 Å². The van der Waals surface area contributed by atoms with E-state index in [9.17, 15) is 5.11 Å². The van der Waals surface area contributed by atoms with Crippen LogP contribution in [0.25, 0.3) is 0 Å². The van der Waals surface area contributed by atoms with Gasteiger partial charge in [-0.2, -0.15) is 0 Å². The van der Waals surface area contributed by atoms with Crippen LogP contribution in [0.2, 0.25) is 10.0 Å². The Morgan fingerprint density at radius 2 is 1.76 bits per heavy atom. The largest absolute Gasteiger partial charge is 0.495 e. The van der Waals surface area contributed by atoms with Crippen LogP contribution in [0.5, 0.6) is 11.5 Å². The highest BCUT2D eigenvalue weighted by molar-refractivity contribution is 6.34. The number of aliphatic hydroxyl groups excluding tert-OH is 1. The van der Waals surface area contributed by atoms with E-state index in [0.29, 0.717) is 33.5 Å². The van der Waals surface area contributed by atoms with E-state index in [1.807, 2.05) is 6.92 Å². The molecule has 2 aromatic rings. The molecule has 0 fully saturated rings. The van der Waals surface area contributed by atoms with Crippen LogP contribution in [-0.4, -0.2) is 18.8 Å². The van der Waals surface area contributed by atoms with Crippen LogP contribution in [0.3, 0.4) is 0 Å². The zero-order valence-corrected chi connectivity index (χ0v) is 13.3. The van der Waals surface area contributed by atoms with E-state index in [4.69, 9.17) is 32.7 Å². The lowest BCUT2D eigenvalue weighted by molar-refractivity contribution is 0.220. The van der Waals surface area contributed by atoms with Crippen LogP contribution in [0.1, 0.15) is 24.2 Å². The van der Waals surface area contributed by atoms with Crippen molar-refractivity contribution in [2.45, 2.75) is 13.0 Å². The molecule has 1 N–H and O–H groups in total. The second-order valence-corrected chi connectivity index (χ2v) is 5.23. The fourth-order valence-corrected chi connectivity index (χ4v) is 2.51. The highest BCUT2D eigenvalue weighted by Gasteiger charge is 2.17. The van der Waals surface area contributed by atoms with Gasteiger partial charge in [0.05, 0.1) is 23.8 Å². The molecule has 0 saturated heterocycles. The van der Waals surface area contributed by atoms with Gasteiger partial charge < -0.3 is 14.6 Å². The molecule has 0 amide bonds. The first kappa shape index (κ1) is 16.0. The molecule has 1 unspecified atom stereocenters. The van der Waals surface area contributed by atoms with Gasteiger partial charge in [-0.15, -0.1) is 0 Å². The molecule has 2 rings (SSSR count). The number of aliphatic hydroxyl groups is 1. The number of halogens is 2. The molecule has 1 atom stereocenters. The molecular weight excluding hydrogens is 311 g/mol. The molecule has 3 nitrogen and oxygen atoms in total. The maximum atomic E-state index is 10.5. The number of rotatable bonds is 5. The predicted molar refractivity (Wildman–Crippen MR) is 84.7 cm³/mol. The lowest BCUT2D eigenvalue weighted by atomic mass is 10.0. The van der Waals surface area contributed by atoms with E-state index in [-0.39, 0.29) is 0 Å². The van der Waals surface area contributed by atoms with Gasteiger partial charge in [-0.25, -0.2) is 0 Å². The standard InChI is InChI=1S/C16H16Cl2O3/c1-3-21-11-6-4-10(5-7-11)16(19)12-8-14(18)15(20-2)9-13(12)17/h4-9,16,19H,3H2,1-2H3. The van der Waals surface area contributed by atoms with Crippen molar-refractivity contribution >= 4 is 23.2 Å². The molecule has 0 bridgehead atoms. The fourth-order valence-electron chi connectivity index (χ4n) is 2.00. The molecule has 2 aromatic carbocycles. The average molecular weight is 327 g/mol. The van der Waals surface area contributed by atoms with Crippen LogP contribution >= 0.6 is 23.2 Å². The quantitative estimate of drug-likeness (QED) is 0.880. The minimum atomic E-state index is -0.864. The SMILES string of the molecule is CCOc1ccc(C(O)c2cc(Cl)c(OC)cc2Cl)cc1. The zero-order valence-electron chi connectivity index (χ0n) is 11.8. The van der Waals surface area contributed by atoms with Gasteiger partial charge in [0.15, 0.2) is 0 Å². The van der Waals surface area contributed by atoms with E-state index in [1.54, 1.807) is 36.4 Å². The third-order valence-electron chi connectivity index (χ3n) is 3.07. The van der Waals surface area contributed by atoms with Crippen LogP contribution in [0.4, 0.5) is 0 Å². The number of methoxy groups -OCH3 is 1. The minimum absolute atomic E-state index is 0.401. The summed E-state index contributed by atoms with van der Waals surface area (Å²) in [7, 11) is 1.51. The molecule has 21 heavy (non-hydrogen) atoms. The Balaban J connectivity index is 2.31. The zero-order chi connectivity index (χ0) is 15.4. The second-order valence-electron chi connectivity index (χ2n) is 4.41. The van der Waals surface area contributed by atoms with Gasteiger partial charge >= 0.3 is 0 Å². The molecular formula is C16H16Cl2O3. The minimum Gasteiger partial charge on any atom is -0.495 e. The summed E-state index contributed by atoms with van der Waals surface area (Å²) in [5.74, 6) is 1.23. The Morgan fingerprint density at radius 3 is 2.33 bits per heavy atom. The Hall–Kier alpha value is -1.42. The Bertz CT molecular complexity index is 612. The van der Waals surface area contributed by atoms with E-state index < -0.39 is 6.10 Å². The average Bonchev–Trinajstić information content (AvgIpc) is 2.49. The van der Waals surface area contributed by atoms with Gasteiger partial charge in [0.1, 0.15) is 17.6 Å². The third-order valence-corrected chi connectivity index (χ3v) is 3.70. The number of hydrogen-bond donors (Lipinski definition) is 1. The summed E-state index contributed by atoms with van der Waals surface area (Å²) < 4.78 is 10.5. The first-order valence-electron chi connectivity index (χ1n) is 6.50. The fraction of sp³-hybridized carbons (Fsp3) is 0.250. The van der Waals surface area contributed by atoms with E-state index in [2.05, 4.69) is 0 Å². The van der Waals surface area contributed by atoms with E-state index in [1.165, 1.54) is 7.11 Å². The predicted octanol–water partition coefficient (Wildman–Crippen LogP) is 4.48. The molecule has 0 aromatic heterocycles. The van der Waals surface area contributed by atoms with Gasteiger partial charge in [0.2, 0.25) is 0 Å². The molecule has 112 valence electrons. The van der Waals surface area contributed by atoms with Crippen molar-refractivity contribution in [1.82, 2.24) is 0 Å². The second kappa shape index (κ2) is 7.03. The molecule has 0 spiro atoms. The van der Waals surface area contributed by atoms with E-state index >= 15 is 0 Å². The maximum absolute atomic E-state index is 10.5. The van der Waals surface area contributed by atoms with Gasteiger partial charge in [0, 0.05) is 11.6 Å². The normalized spacial score (nSPS) is 12.0. The summed E-state index contributed by atoms with van der Waals surface area (Å²) >= 11 is 12.3. The van der Waals surface area contributed by atoms with E-state index in [0.717, 1.165) is 5.75 Å². The molecule has 0 aliphatic rings. The Morgan fingerprint density at radius 1 is 1.10 bits per heavy atom. The topological polar surface area (TPSA) is 38.7 Å². The monoisotopic (exact) mass is 326 g/mol. The molecule has 0 saturated carbocycles. The third kappa shape index (κ3) is 3.62. The van der Waals surface area contributed by atoms with Crippen molar-refractivity contribution in [1.29, 1.82) is 0 Å². The molecule has 0 heterocycles. The summed E-state index contributed by atoms with van der Waals surface area (Å²) in [5.41, 5.74) is 1.24. The lowest BCUT2D eigenvalue weighted by Crippen LogP contribution is -2.01. The smallest absolute Gasteiger partial charge is 0.138 e. The Labute approximate surface area is 134 Å². The van der Waals surface area contributed by atoms with Crippen molar-refractivity contribution < 1.29 is 14.6 Å². The number of hydrogen-bond acceptors (Lipinski definition) is 3. The summed E-state index contributed by atoms with van der Waals surface area (Å²) in [4.78, 5) is 0. The molecule has 0 aliphatic carbocycles. The molecule has 5 heteroatoms. The highest BCUT2D eigenvalue weighted by Crippen LogP contribution is 2.36. The van der Waals surface area contributed by atoms with Gasteiger partial charge in [0.25, 0.3) is 0 Å². The summed E-state index contributed by atoms with van der Waals surface area (Å²) in [5, 5.41) is 11.3. The van der Waals surface area contributed by atoms with Crippen molar-refractivity contribution in [3.8, 4) is 11.5 Å². The summed E-state index contributed by atoms with van der Waals surface area (Å²) in [6, 6.07) is 10.4. The van der Waals surface area contributed by atoms with Crippen molar-refractivity contribution in [2.24, 2.45) is 0 Å². The van der Waals surface area contributed by atoms with Crippen LogP contribution in [0, 0.1) is 0 Å². The summed E-state index contributed by atoms with van der Waals surface area (Å²) in [6.07, 6.45) is -0.864. The number of benzene rings is 2. The van der Waals surface area contributed by atoms with Crippen LogP contribution < -0.4 is 9.47 Å². The molecule has 0 radical (unpaired) electrons. The lowest BCUT2D eigenvalue weighted by Gasteiger charge is -2.15. The number of ether oxygens (including phenoxy) is 2. The van der Waals surface area contributed by atoms with Gasteiger partial charge in [-0.3, -0.25) is 0 Å². The maximum Gasteiger partial charge on any atom is 0.138 e. The molecule has 0 aliphatic heterocycles. The Kier molecular flexibility index (Phi) is 5.34. The van der Waals surface area contributed by atoms with Crippen molar-refractivity contribution in [3.05, 3.63) is 57.6 Å². The first-order chi connectivity index (χ1) is 10.1. The van der Waals surface area contributed by atoms with Crippen LogP contribution in [0.15, 0.2) is 36.4 Å².